The van der Waals surface area contributed by atoms with Crippen molar-refractivity contribution in [3.8, 4) is 5.75 Å². The maximum Gasteiger partial charge on any atom is 0.524 e. The van der Waals surface area contributed by atoms with E-state index < -0.39 is 37.7 Å². The number of carboxylic acid groups (broad SMARTS) is 1. The standard InChI is InChI=1S/C22H31N4O9P/c1-13(2)4-10-19-25-22(34-26-19)17(9-11-20(28)29)24-21(30)18(23-14(3)27)12-15-5-7-16(8-6-15)35-36(31,32)33/h5-8,13,17-18H,4,9-12H2,1-3H3,(H,23,27)(H,24,30)(H,28,29)(H2,31,32,33)/t17-,18-/m0/s1. The number of aliphatic carboxylic acids is 1. The number of hydrogen-bond donors (Lipinski definition) is 5. The molecule has 1 heterocycles. The van der Waals surface area contributed by atoms with E-state index in [0.29, 0.717) is 23.7 Å². The van der Waals surface area contributed by atoms with E-state index in [2.05, 4.69) is 39.1 Å². The van der Waals surface area contributed by atoms with Crippen molar-refractivity contribution in [2.75, 3.05) is 0 Å². The van der Waals surface area contributed by atoms with E-state index in [1.54, 1.807) is 0 Å². The second-order valence-corrected chi connectivity index (χ2v) is 9.82. The largest absolute Gasteiger partial charge is 0.524 e. The molecule has 0 saturated heterocycles. The lowest BCUT2D eigenvalue weighted by Crippen LogP contribution is -2.48. The first kappa shape index (κ1) is 29.0. The lowest BCUT2D eigenvalue weighted by molar-refractivity contribution is -0.137. The molecule has 36 heavy (non-hydrogen) atoms. The molecule has 2 aromatic rings. The third kappa shape index (κ3) is 10.5. The number of hydrogen-bond acceptors (Lipinski definition) is 8. The number of rotatable bonds is 14. The van der Waals surface area contributed by atoms with Crippen LogP contribution in [-0.2, 0) is 31.8 Å². The molecule has 0 spiro atoms. The van der Waals surface area contributed by atoms with Crippen LogP contribution in [-0.4, -0.2) is 48.9 Å². The van der Waals surface area contributed by atoms with Crippen LogP contribution in [0.1, 0.15) is 63.4 Å². The predicted octanol–water partition coefficient (Wildman–Crippen LogP) is 1.90. The van der Waals surface area contributed by atoms with Crippen LogP contribution in [0.2, 0.25) is 0 Å². The van der Waals surface area contributed by atoms with Crippen molar-refractivity contribution < 1.29 is 42.9 Å². The topological polar surface area (TPSA) is 201 Å². The highest BCUT2D eigenvalue weighted by Gasteiger charge is 2.27. The fraction of sp³-hybridized carbons (Fsp3) is 0.500. The number of phosphoric ester groups is 1. The van der Waals surface area contributed by atoms with Gasteiger partial charge in [0.2, 0.25) is 17.7 Å². The predicted molar refractivity (Wildman–Crippen MR) is 126 cm³/mol. The Bertz CT molecular complexity index is 1080. The first-order valence-corrected chi connectivity index (χ1v) is 12.8. The number of carboxylic acids is 1. The molecule has 0 fully saturated rings. The van der Waals surface area contributed by atoms with Gasteiger partial charge in [0.25, 0.3) is 0 Å². The number of carbonyl (C=O) groups is 3. The molecule has 1 aromatic heterocycles. The van der Waals surface area contributed by atoms with Gasteiger partial charge in [0.1, 0.15) is 17.8 Å². The zero-order valence-corrected chi connectivity index (χ0v) is 21.1. The van der Waals surface area contributed by atoms with Gasteiger partial charge in [0.15, 0.2) is 5.82 Å². The average molecular weight is 526 g/mol. The molecule has 13 nitrogen and oxygen atoms in total. The summed E-state index contributed by atoms with van der Waals surface area (Å²) >= 11 is 0. The van der Waals surface area contributed by atoms with Gasteiger partial charge in [-0.3, -0.25) is 24.2 Å². The zero-order valence-electron chi connectivity index (χ0n) is 20.2. The third-order valence-electron chi connectivity index (χ3n) is 4.97. The quantitative estimate of drug-likeness (QED) is 0.225. The molecule has 0 aliphatic carbocycles. The van der Waals surface area contributed by atoms with Gasteiger partial charge in [0, 0.05) is 26.2 Å². The van der Waals surface area contributed by atoms with Gasteiger partial charge in [-0.15, -0.1) is 0 Å². The van der Waals surface area contributed by atoms with Crippen LogP contribution >= 0.6 is 7.82 Å². The number of aryl methyl sites for hydroxylation is 1. The minimum atomic E-state index is -4.71. The summed E-state index contributed by atoms with van der Waals surface area (Å²) in [5.74, 6) is -1.25. The zero-order chi connectivity index (χ0) is 26.9. The Hall–Kier alpha value is -3.28. The number of amides is 2. The van der Waals surface area contributed by atoms with Crippen molar-refractivity contribution in [3.05, 3.63) is 41.5 Å². The SMILES string of the molecule is CC(=O)N[C@@H](Cc1ccc(OP(=O)(O)O)cc1)C(=O)N[C@@H](CCC(=O)O)c1nc(CCC(C)C)no1. The maximum absolute atomic E-state index is 13.1. The summed E-state index contributed by atoms with van der Waals surface area (Å²) in [6.07, 6.45) is 1.16. The number of aromatic nitrogens is 2. The summed E-state index contributed by atoms with van der Waals surface area (Å²) in [7, 11) is -4.71. The first-order valence-electron chi connectivity index (χ1n) is 11.3. The average Bonchev–Trinajstić information content (AvgIpc) is 3.23. The van der Waals surface area contributed by atoms with Gasteiger partial charge >= 0.3 is 13.8 Å². The fourth-order valence-electron chi connectivity index (χ4n) is 3.24. The van der Waals surface area contributed by atoms with Gasteiger partial charge in [0.05, 0.1) is 0 Å². The van der Waals surface area contributed by atoms with Gasteiger partial charge in [-0.05, 0) is 36.5 Å². The van der Waals surface area contributed by atoms with E-state index in [4.69, 9.17) is 19.4 Å². The van der Waals surface area contributed by atoms with Crippen molar-refractivity contribution in [1.82, 2.24) is 20.8 Å². The van der Waals surface area contributed by atoms with Crippen LogP contribution in [0.3, 0.4) is 0 Å². The Morgan fingerprint density at radius 1 is 1.11 bits per heavy atom. The highest BCUT2D eigenvalue weighted by atomic mass is 31.2. The number of benzene rings is 1. The Morgan fingerprint density at radius 3 is 2.33 bits per heavy atom. The minimum absolute atomic E-state index is 0.00586. The van der Waals surface area contributed by atoms with Crippen molar-refractivity contribution >= 4 is 25.6 Å². The van der Waals surface area contributed by atoms with Crippen molar-refractivity contribution in [2.45, 2.75) is 65.0 Å². The Balaban J connectivity index is 2.17. The first-order chi connectivity index (χ1) is 16.8. The minimum Gasteiger partial charge on any atom is -0.481 e. The molecule has 14 heteroatoms. The van der Waals surface area contributed by atoms with Crippen molar-refractivity contribution in [2.24, 2.45) is 5.92 Å². The second kappa shape index (κ2) is 13.1. The molecular formula is C22H31N4O9P. The highest BCUT2D eigenvalue weighted by molar-refractivity contribution is 7.46. The van der Waals surface area contributed by atoms with Gasteiger partial charge in [-0.25, -0.2) is 4.57 Å². The van der Waals surface area contributed by atoms with Crippen LogP contribution in [0, 0.1) is 5.92 Å². The fourth-order valence-corrected chi connectivity index (χ4v) is 3.64. The summed E-state index contributed by atoms with van der Waals surface area (Å²) in [5.41, 5.74) is 0.567. The summed E-state index contributed by atoms with van der Waals surface area (Å²) in [4.78, 5) is 58.1. The molecule has 198 valence electrons. The van der Waals surface area contributed by atoms with E-state index in [9.17, 15) is 18.9 Å². The molecule has 0 unspecified atom stereocenters. The number of carbonyl (C=O) groups excluding carboxylic acids is 2. The van der Waals surface area contributed by atoms with E-state index in [1.807, 2.05) is 0 Å². The number of nitrogens with zero attached hydrogens (tertiary/aromatic N) is 2. The summed E-state index contributed by atoms with van der Waals surface area (Å²) in [6, 6.07) is 3.71. The second-order valence-electron chi connectivity index (χ2n) is 8.66. The summed E-state index contributed by atoms with van der Waals surface area (Å²) < 4.78 is 20.8. The van der Waals surface area contributed by atoms with Crippen LogP contribution < -0.4 is 15.2 Å². The van der Waals surface area contributed by atoms with E-state index in [1.165, 1.54) is 31.2 Å². The number of nitrogens with one attached hydrogen (secondary N) is 2. The van der Waals surface area contributed by atoms with Crippen LogP contribution in [0.4, 0.5) is 0 Å². The Morgan fingerprint density at radius 2 is 1.78 bits per heavy atom. The molecule has 0 aliphatic rings. The normalized spacial score (nSPS) is 13.2. The molecule has 0 aliphatic heterocycles. The molecular weight excluding hydrogens is 495 g/mol. The molecule has 2 amide bonds. The summed E-state index contributed by atoms with van der Waals surface area (Å²) in [6.45, 7) is 5.35. The molecule has 0 saturated carbocycles. The van der Waals surface area contributed by atoms with Crippen LogP contribution in [0.15, 0.2) is 28.8 Å². The molecule has 0 radical (unpaired) electrons. The van der Waals surface area contributed by atoms with Crippen LogP contribution in [0.25, 0.3) is 0 Å². The van der Waals surface area contributed by atoms with Gasteiger partial charge in [-0.1, -0.05) is 31.1 Å². The van der Waals surface area contributed by atoms with Gasteiger partial charge < -0.3 is 24.8 Å². The third-order valence-corrected chi connectivity index (χ3v) is 5.42. The van der Waals surface area contributed by atoms with Crippen LogP contribution in [0.5, 0.6) is 5.75 Å². The molecule has 2 atom stereocenters. The smallest absolute Gasteiger partial charge is 0.481 e. The van der Waals surface area contributed by atoms with E-state index in [0.717, 1.165) is 6.42 Å². The molecule has 0 bridgehead atoms. The molecule has 1 aromatic carbocycles. The van der Waals surface area contributed by atoms with E-state index in [-0.39, 0.29) is 30.9 Å². The Labute approximate surface area is 207 Å². The van der Waals surface area contributed by atoms with Crippen molar-refractivity contribution in [3.63, 3.8) is 0 Å². The van der Waals surface area contributed by atoms with Gasteiger partial charge in [-0.2, -0.15) is 4.98 Å². The molecule has 5 N–H and O–H groups in total. The number of phosphoric acid groups is 1. The van der Waals surface area contributed by atoms with E-state index >= 15 is 0 Å². The lowest BCUT2D eigenvalue weighted by Gasteiger charge is -2.21. The molecule has 2 rings (SSSR count). The summed E-state index contributed by atoms with van der Waals surface area (Å²) in [5, 5.41) is 18.3. The van der Waals surface area contributed by atoms with Crippen molar-refractivity contribution in [1.29, 1.82) is 0 Å². The monoisotopic (exact) mass is 526 g/mol. The highest BCUT2D eigenvalue weighted by Crippen LogP contribution is 2.37. The maximum atomic E-state index is 13.1. The Kier molecular flexibility index (Phi) is 10.6. The lowest BCUT2D eigenvalue weighted by atomic mass is 10.0.